The van der Waals surface area contributed by atoms with Crippen LogP contribution in [0.2, 0.25) is 0 Å². The molecular formula is C26H33N3O3S. The molecule has 33 heavy (non-hydrogen) atoms. The van der Waals surface area contributed by atoms with Crippen LogP contribution in [0.3, 0.4) is 0 Å². The SMILES string of the molecule is CCCCCc1nc2sc(C(=O)NCCc3ccc(OC)c(OC)c3)c(N)c2c2c1CCC2. The fraction of sp³-hybridized carbons (Fsp3) is 0.462. The predicted molar refractivity (Wildman–Crippen MR) is 135 cm³/mol. The summed E-state index contributed by atoms with van der Waals surface area (Å²) in [5, 5.41) is 4.04. The number of nitrogens with one attached hydrogen (secondary N) is 1. The summed E-state index contributed by atoms with van der Waals surface area (Å²) >= 11 is 1.42. The second kappa shape index (κ2) is 10.4. The second-order valence-corrected chi connectivity index (χ2v) is 9.55. The van der Waals surface area contributed by atoms with E-state index in [4.69, 9.17) is 20.2 Å². The number of nitrogens with zero attached hydrogens (tertiary/aromatic N) is 1. The number of thiophene rings is 1. The van der Waals surface area contributed by atoms with E-state index in [1.54, 1.807) is 14.2 Å². The van der Waals surface area contributed by atoms with Crippen molar-refractivity contribution < 1.29 is 14.3 Å². The molecular weight excluding hydrogens is 434 g/mol. The maximum absolute atomic E-state index is 13.0. The molecule has 1 aromatic carbocycles. The zero-order valence-electron chi connectivity index (χ0n) is 19.8. The van der Waals surface area contributed by atoms with Crippen LogP contribution in [0, 0.1) is 0 Å². The quantitative estimate of drug-likeness (QED) is 0.406. The molecule has 2 aromatic heterocycles. The van der Waals surface area contributed by atoms with E-state index in [0.29, 0.717) is 35.0 Å². The standard InChI is InChI=1S/C26H33N3O3S/c1-4-5-6-10-19-17-8-7-9-18(17)22-23(27)24(33-26(22)29-19)25(30)28-14-13-16-11-12-20(31-2)21(15-16)32-3/h11-12,15H,4-10,13-14,27H2,1-3H3,(H,28,30). The Kier molecular flexibility index (Phi) is 7.38. The highest BCUT2D eigenvalue weighted by molar-refractivity contribution is 7.21. The number of anilines is 1. The summed E-state index contributed by atoms with van der Waals surface area (Å²) in [4.78, 5) is 19.5. The molecule has 0 bridgehead atoms. The molecule has 0 fully saturated rings. The minimum Gasteiger partial charge on any atom is -0.493 e. The van der Waals surface area contributed by atoms with Crippen molar-refractivity contribution in [3.63, 3.8) is 0 Å². The first-order valence-electron chi connectivity index (χ1n) is 11.8. The van der Waals surface area contributed by atoms with Gasteiger partial charge in [-0.25, -0.2) is 4.98 Å². The second-order valence-electron chi connectivity index (χ2n) is 8.55. The summed E-state index contributed by atoms with van der Waals surface area (Å²) in [5.74, 6) is 1.25. The van der Waals surface area contributed by atoms with Gasteiger partial charge in [0.2, 0.25) is 0 Å². The normalized spacial score (nSPS) is 12.7. The highest BCUT2D eigenvalue weighted by atomic mass is 32.1. The van der Waals surface area contributed by atoms with Gasteiger partial charge in [-0.3, -0.25) is 4.79 Å². The van der Waals surface area contributed by atoms with Crippen molar-refractivity contribution in [2.45, 2.75) is 58.3 Å². The number of nitrogen functional groups attached to an aromatic ring is 1. The summed E-state index contributed by atoms with van der Waals surface area (Å²) in [6, 6.07) is 5.80. The average molecular weight is 468 g/mol. The maximum atomic E-state index is 13.0. The van der Waals surface area contributed by atoms with Gasteiger partial charge in [0.15, 0.2) is 11.5 Å². The largest absolute Gasteiger partial charge is 0.493 e. The first-order chi connectivity index (χ1) is 16.1. The van der Waals surface area contributed by atoms with Gasteiger partial charge in [0.25, 0.3) is 5.91 Å². The Morgan fingerprint density at radius 1 is 1.12 bits per heavy atom. The number of rotatable bonds is 10. The van der Waals surface area contributed by atoms with Crippen LogP contribution >= 0.6 is 11.3 Å². The monoisotopic (exact) mass is 467 g/mol. The van der Waals surface area contributed by atoms with Gasteiger partial charge in [0.1, 0.15) is 9.71 Å². The number of hydrogen-bond donors (Lipinski definition) is 2. The van der Waals surface area contributed by atoms with E-state index in [-0.39, 0.29) is 5.91 Å². The molecule has 3 N–H and O–H groups in total. The Hall–Kier alpha value is -2.80. The minimum absolute atomic E-state index is 0.129. The Labute approximate surface area is 199 Å². The van der Waals surface area contributed by atoms with E-state index in [1.165, 1.54) is 41.0 Å². The number of ether oxygens (including phenoxy) is 2. The number of methoxy groups -OCH3 is 2. The number of aromatic nitrogens is 1. The van der Waals surface area contributed by atoms with Crippen LogP contribution in [0.1, 0.15) is 64.7 Å². The summed E-state index contributed by atoms with van der Waals surface area (Å²) in [7, 11) is 3.24. The summed E-state index contributed by atoms with van der Waals surface area (Å²) in [6.07, 6.45) is 8.50. The lowest BCUT2D eigenvalue weighted by Gasteiger charge is -2.10. The molecule has 176 valence electrons. The van der Waals surface area contributed by atoms with Gasteiger partial charge in [-0.2, -0.15) is 0 Å². The number of amides is 1. The van der Waals surface area contributed by atoms with Crippen LogP contribution in [0.5, 0.6) is 11.5 Å². The zero-order chi connectivity index (χ0) is 23.4. The third kappa shape index (κ3) is 4.78. The third-order valence-corrected chi connectivity index (χ3v) is 7.50. The van der Waals surface area contributed by atoms with Crippen LogP contribution in [-0.4, -0.2) is 31.7 Å². The van der Waals surface area contributed by atoms with Gasteiger partial charge < -0.3 is 20.5 Å². The molecule has 7 heteroatoms. The molecule has 3 aromatic rings. The van der Waals surface area contributed by atoms with Crippen molar-refractivity contribution in [1.82, 2.24) is 10.3 Å². The molecule has 1 amide bonds. The smallest absolute Gasteiger partial charge is 0.263 e. The van der Waals surface area contributed by atoms with E-state index in [9.17, 15) is 4.79 Å². The van der Waals surface area contributed by atoms with E-state index >= 15 is 0 Å². The first kappa shape index (κ1) is 23.4. The summed E-state index contributed by atoms with van der Waals surface area (Å²) in [5.41, 5.74) is 12.1. The molecule has 0 spiro atoms. The molecule has 0 unspecified atom stereocenters. The number of aryl methyl sites for hydroxylation is 2. The number of nitrogens with two attached hydrogens (primary N) is 1. The average Bonchev–Trinajstić information content (AvgIpc) is 3.43. The Balaban J connectivity index is 1.50. The van der Waals surface area contributed by atoms with E-state index in [0.717, 1.165) is 47.9 Å². The van der Waals surface area contributed by atoms with Crippen molar-refractivity contribution in [3.8, 4) is 11.5 Å². The third-order valence-electron chi connectivity index (χ3n) is 6.40. The summed E-state index contributed by atoms with van der Waals surface area (Å²) < 4.78 is 10.7. The van der Waals surface area contributed by atoms with Crippen LogP contribution in [0.4, 0.5) is 5.69 Å². The molecule has 1 aliphatic carbocycles. The lowest BCUT2D eigenvalue weighted by Crippen LogP contribution is -2.25. The number of hydrogen-bond acceptors (Lipinski definition) is 6. The number of pyridine rings is 1. The molecule has 1 aliphatic rings. The van der Waals surface area contributed by atoms with Crippen LogP contribution < -0.4 is 20.5 Å². The van der Waals surface area contributed by atoms with E-state index < -0.39 is 0 Å². The molecule has 0 atom stereocenters. The van der Waals surface area contributed by atoms with Crippen molar-refractivity contribution >= 4 is 33.1 Å². The number of fused-ring (bicyclic) bond motifs is 3. The first-order valence-corrected chi connectivity index (χ1v) is 12.6. The predicted octanol–water partition coefficient (Wildman–Crippen LogP) is 5.09. The van der Waals surface area contributed by atoms with E-state index in [1.807, 2.05) is 18.2 Å². The Bertz CT molecular complexity index is 1160. The fourth-order valence-corrected chi connectivity index (χ4v) is 5.75. The molecule has 6 nitrogen and oxygen atoms in total. The van der Waals surface area contributed by atoms with Gasteiger partial charge in [-0.1, -0.05) is 25.8 Å². The molecule has 0 radical (unpaired) electrons. The zero-order valence-corrected chi connectivity index (χ0v) is 20.6. The Morgan fingerprint density at radius 2 is 1.91 bits per heavy atom. The van der Waals surface area contributed by atoms with Crippen molar-refractivity contribution in [1.29, 1.82) is 0 Å². The van der Waals surface area contributed by atoms with Crippen molar-refractivity contribution in [3.05, 3.63) is 45.5 Å². The minimum atomic E-state index is -0.129. The van der Waals surface area contributed by atoms with Gasteiger partial charge in [0.05, 0.1) is 19.9 Å². The van der Waals surface area contributed by atoms with E-state index in [2.05, 4.69) is 12.2 Å². The highest BCUT2D eigenvalue weighted by Gasteiger charge is 2.25. The number of carbonyl (C=O) groups excluding carboxylic acids is 1. The maximum Gasteiger partial charge on any atom is 0.263 e. The summed E-state index contributed by atoms with van der Waals surface area (Å²) in [6.45, 7) is 2.73. The fourth-order valence-electron chi connectivity index (χ4n) is 4.68. The topological polar surface area (TPSA) is 86.5 Å². The van der Waals surface area contributed by atoms with Crippen molar-refractivity contribution in [2.75, 3.05) is 26.5 Å². The van der Waals surface area contributed by atoms with Gasteiger partial charge in [-0.05, 0) is 67.3 Å². The number of benzene rings is 1. The Morgan fingerprint density at radius 3 is 2.67 bits per heavy atom. The van der Waals surface area contributed by atoms with Crippen LogP contribution in [-0.2, 0) is 25.7 Å². The molecule has 2 heterocycles. The van der Waals surface area contributed by atoms with Crippen molar-refractivity contribution in [2.24, 2.45) is 0 Å². The molecule has 4 rings (SSSR count). The van der Waals surface area contributed by atoms with Crippen LogP contribution in [0.25, 0.3) is 10.2 Å². The number of carbonyl (C=O) groups is 1. The van der Waals surface area contributed by atoms with Gasteiger partial charge in [-0.15, -0.1) is 11.3 Å². The lowest BCUT2D eigenvalue weighted by atomic mass is 10.0. The lowest BCUT2D eigenvalue weighted by molar-refractivity contribution is 0.0959. The highest BCUT2D eigenvalue weighted by Crippen LogP contribution is 2.40. The van der Waals surface area contributed by atoms with Gasteiger partial charge >= 0.3 is 0 Å². The molecule has 0 saturated carbocycles. The van der Waals surface area contributed by atoms with Crippen LogP contribution in [0.15, 0.2) is 18.2 Å². The molecule has 0 saturated heterocycles. The number of unbranched alkanes of at least 4 members (excludes halogenated alkanes) is 2. The molecule has 0 aliphatic heterocycles. The van der Waals surface area contributed by atoms with Gasteiger partial charge in [0, 0.05) is 17.6 Å².